The minimum Gasteiger partial charge on any atom is -0.398 e. The number of fused-ring (bicyclic) bond motifs is 1. The number of ether oxygens (including phenoxy) is 1. The highest BCUT2D eigenvalue weighted by atomic mass is 16.5. The number of nitrogens with one attached hydrogen (secondary N) is 1. The molecule has 1 spiro atoms. The lowest BCUT2D eigenvalue weighted by atomic mass is 9.73. The monoisotopic (exact) mass is 433 g/mol. The standard InChI is InChI=1S/C23H27N7O2/c1-14-19(25)23(13-32-14)9-11-30(12-10-23)22-26-20-18(21(31)29(22)2)17(27-28-20)8-7-15-5-3-4-6-16(15)24/h3-6,14,19H,9-13,24-25H2,1-2H3,(H,27,28)/t14-,19+/m0/s1. The average Bonchev–Trinajstić information content (AvgIpc) is 3.33. The van der Waals surface area contributed by atoms with Crippen LogP contribution in [-0.4, -0.2) is 51.6 Å². The van der Waals surface area contributed by atoms with Crippen molar-refractivity contribution in [1.29, 1.82) is 0 Å². The molecule has 0 bridgehead atoms. The Balaban J connectivity index is 1.45. The third-order valence-electron chi connectivity index (χ3n) is 6.94. The predicted octanol–water partition coefficient (Wildman–Crippen LogP) is 0.971. The summed E-state index contributed by atoms with van der Waals surface area (Å²) in [4.78, 5) is 20.1. The van der Waals surface area contributed by atoms with Gasteiger partial charge in [0.1, 0.15) is 5.39 Å². The Hall–Kier alpha value is -3.35. The van der Waals surface area contributed by atoms with Gasteiger partial charge in [0.05, 0.1) is 12.7 Å². The maximum Gasteiger partial charge on any atom is 0.267 e. The molecule has 1 aromatic carbocycles. The zero-order chi connectivity index (χ0) is 22.5. The number of H-pyrrole nitrogens is 1. The fourth-order valence-electron chi connectivity index (χ4n) is 4.79. The van der Waals surface area contributed by atoms with Gasteiger partial charge in [0.15, 0.2) is 11.3 Å². The number of hydrogen-bond acceptors (Lipinski definition) is 7. The quantitative estimate of drug-likeness (QED) is 0.385. The Morgan fingerprint density at radius 1 is 1.25 bits per heavy atom. The van der Waals surface area contributed by atoms with Crippen molar-refractivity contribution in [3.05, 3.63) is 45.9 Å². The molecule has 2 saturated heterocycles. The number of nitrogens with two attached hydrogens (primary N) is 2. The maximum atomic E-state index is 13.2. The molecule has 0 saturated carbocycles. The molecule has 32 heavy (non-hydrogen) atoms. The fraction of sp³-hybridized carbons (Fsp3) is 0.435. The number of para-hydroxylation sites is 1. The average molecular weight is 434 g/mol. The molecule has 2 aliphatic rings. The Morgan fingerprint density at radius 2 is 2.00 bits per heavy atom. The number of rotatable bonds is 1. The summed E-state index contributed by atoms with van der Waals surface area (Å²) in [7, 11) is 1.74. The number of nitrogen functional groups attached to an aromatic ring is 1. The summed E-state index contributed by atoms with van der Waals surface area (Å²) in [5, 5.41) is 7.49. The molecule has 0 radical (unpaired) electrons. The first-order chi connectivity index (χ1) is 15.4. The van der Waals surface area contributed by atoms with E-state index in [0.717, 1.165) is 25.9 Å². The minimum atomic E-state index is -0.182. The van der Waals surface area contributed by atoms with Crippen LogP contribution in [0.5, 0.6) is 0 Å². The van der Waals surface area contributed by atoms with E-state index in [1.165, 1.54) is 0 Å². The molecular formula is C23H27N7O2. The van der Waals surface area contributed by atoms with Gasteiger partial charge in [-0.05, 0) is 37.8 Å². The Kier molecular flexibility index (Phi) is 4.92. The summed E-state index contributed by atoms with van der Waals surface area (Å²) >= 11 is 0. The first-order valence-corrected chi connectivity index (χ1v) is 10.8. The molecular weight excluding hydrogens is 406 g/mol. The molecule has 9 nitrogen and oxygen atoms in total. The van der Waals surface area contributed by atoms with Crippen molar-refractivity contribution in [3.8, 4) is 11.8 Å². The number of hydrogen-bond donors (Lipinski definition) is 3. The zero-order valence-electron chi connectivity index (χ0n) is 18.3. The molecule has 0 unspecified atom stereocenters. The van der Waals surface area contributed by atoms with E-state index in [9.17, 15) is 4.79 Å². The van der Waals surface area contributed by atoms with Crippen LogP contribution in [0.4, 0.5) is 11.6 Å². The molecule has 0 amide bonds. The smallest absolute Gasteiger partial charge is 0.267 e. The molecule has 5 N–H and O–H groups in total. The summed E-state index contributed by atoms with van der Waals surface area (Å²) in [6, 6.07) is 7.37. The van der Waals surface area contributed by atoms with Crippen molar-refractivity contribution in [2.45, 2.75) is 31.9 Å². The van der Waals surface area contributed by atoms with Gasteiger partial charge in [-0.3, -0.25) is 14.5 Å². The van der Waals surface area contributed by atoms with Crippen LogP contribution in [0.25, 0.3) is 11.0 Å². The lowest BCUT2D eigenvalue weighted by Gasteiger charge is -2.41. The van der Waals surface area contributed by atoms with E-state index in [1.54, 1.807) is 17.7 Å². The lowest BCUT2D eigenvalue weighted by molar-refractivity contribution is 0.0973. The molecule has 2 aromatic heterocycles. The third-order valence-corrected chi connectivity index (χ3v) is 6.94. The van der Waals surface area contributed by atoms with Gasteiger partial charge >= 0.3 is 0 Å². The van der Waals surface area contributed by atoms with Crippen LogP contribution in [0.2, 0.25) is 0 Å². The van der Waals surface area contributed by atoms with Gasteiger partial charge < -0.3 is 21.1 Å². The second kappa shape index (κ2) is 7.65. The highest BCUT2D eigenvalue weighted by molar-refractivity contribution is 5.81. The molecule has 9 heteroatoms. The highest BCUT2D eigenvalue weighted by Gasteiger charge is 2.47. The van der Waals surface area contributed by atoms with Crippen LogP contribution >= 0.6 is 0 Å². The molecule has 0 aliphatic carbocycles. The second-order valence-electron chi connectivity index (χ2n) is 8.80. The van der Waals surface area contributed by atoms with E-state index in [4.69, 9.17) is 21.2 Å². The van der Waals surface area contributed by atoms with Gasteiger partial charge in [0, 0.05) is 42.8 Å². The summed E-state index contributed by atoms with van der Waals surface area (Å²) in [5.74, 6) is 6.59. The third kappa shape index (κ3) is 3.23. The number of piperidine rings is 1. The van der Waals surface area contributed by atoms with E-state index in [-0.39, 0.29) is 23.1 Å². The molecule has 2 aliphatic heterocycles. The normalized spacial score (nSPS) is 22.3. The summed E-state index contributed by atoms with van der Waals surface area (Å²) in [6.07, 6.45) is 1.89. The van der Waals surface area contributed by atoms with Crippen LogP contribution in [0, 0.1) is 17.3 Å². The van der Waals surface area contributed by atoms with E-state index >= 15 is 0 Å². The maximum absolute atomic E-state index is 13.2. The van der Waals surface area contributed by atoms with E-state index in [1.807, 2.05) is 25.1 Å². The van der Waals surface area contributed by atoms with Gasteiger partial charge in [-0.1, -0.05) is 18.1 Å². The first kappa shape index (κ1) is 20.5. The largest absolute Gasteiger partial charge is 0.398 e. The molecule has 2 atom stereocenters. The zero-order valence-corrected chi connectivity index (χ0v) is 18.3. The van der Waals surface area contributed by atoms with Crippen LogP contribution < -0.4 is 21.9 Å². The van der Waals surface area contributed by atoms with Gasteiger partial charge in [0.2, 0.25) is 5.95 Å². The van der Waals surface area contributed by atoms with Gasteiger partial charge in [-0.25, -0.2) is 0 Å². The molecule has 166 valence electrons. The summed E-state index contributed by atoms with van der Waals surface area (Å²) in [6.45, 7) is 4.27. The highest BCUT2D eigenvalue weighted by Crippen LogP contribution is 2.41. The second-order valence-corrected chi connectivity index (χ2v) is 8.80. The minimum absolute atomic E-state index is 0.00884. The number of nitrogens with zero attached hydrogens (tertiary/aromatic N) is 4. The van der Waals surface area contributed by atoms with E-state index in [0.29, 0.717) is 40.5 Å². The van der Waals surface area contributed by atoms with Crippen LogP contribution in [0.15, 0.2) is 29.1 Å². The fourth-order valence-corrected chi connectivity index (χ4v) is 4.79. The van der Waals surface area contributed by atoms with E-state index in [2.05, 4.69) is 26.9 Å². The van der Waals surface area contributed by atoms with Crippen molar-refractivity contribution >= 4 is 22.7 Å². The van der Waals surface area contributed by atoms with Crippen molar-refractivity contribution < 1.29 is 4.74 Å². The summed E-state index contributed by atoms with van der Waals surface area (Å²) < 4.78 is 7.39. The molecule has 4 heterocycles. The van der Waals surface area contributed by atoms with Crippen LogP contribution in [-0.2, 0) is 11.8 Å². The van der Waals surface area contributed by atoms with E-state index < -0.39 is 0 Å². The first-order valence-electron chi connectivity index (χ1n) is 10.8. The number of aromatic nitrogens is 4. The van der Waals surface area contributed by atoms with Crippen LogP contribution in [0.3, 0.4) is 0 Å². The number of anilines is 2. The molecule has 5 rings (SSSR count). The van der Waals surface area contributed by atoms with Crippen molar-refractivity contribution in [2.75, 3.05) is 30.3 Å². The topological polar surface area (TPSA) is 128 Å². The predicted molar refractivity (Wildman–Crippen MR) is 123 cm³/mol. The van der Waals surface area contributed by atoms with Gasteiger partial charge in [-0.2, -0.15) is 10.1 Å². The lowest BCUT2D eigenvalue weighted by Crippen LogP contribution is -2.51. The van der Waals surface area contributed by atoms with Crippen LogP contribution in [0.1, 0.15) is 31.0 Å². The number of aromatic amines is 1. The Bertz CT molecular complexity index is 1290. The van der Waals surface area contributed by atoms with Crippen molar-refractivity contribution in [1.82, 2.24) is 19.7 Å². The SMILES string of the molecule is C[C@@H]1OCC2(CCN(c3nc4[nH]nc(C#Cc5ccccc5N)c4c(=O)n3C)CC2)[C@@H]1N. The van der Waals surface area contributed by atoms with Gasteiger partial charge in [0.25, 0.3) is 5.56 Å². The van der Waals surface area contributed by atoms with Crippen molar-refractivity contribution in [3.63, 3.8) is 0 Å². The molecule has 2 fully saturated rings. The summed E-state index contributed by atoms with van der Waals surface area (Å²) in [5.41, 5.74) is 14.3. The Labute approximate surface area is 185 Å². The van der Waals surface area contributed by atoms with Crippen molar-refractivity contribution in [2.24, 2.45) is 18.2 Å². The molecule has 3 aromatic rings. The Morgan fingerprint density at radius 3 is 2.69 bits per heavy atom. The number of benzene rings is 1. The van der Waals surface area contributed by atoms with Gasteiger partial charge in [-0.15, -0.1) is 0 Å².